The highest BCUT2D eigenvalue weighted by atomic mass is 16.3. The summed E-state index contributed by atoms with van der Waals surface area (Å²) in [5.74, 6) is 2.50. The third kappa shape index (κ3) is 3.07. The Hall–Kier alpha value is -1.62. The first-order chi connectivity index (χ1) is 11.3. The molecule has 1 saturated heterocycles. The van der Waals surface area contributed by atoms with E-state index in [9.17, 15) is 0 Å². The van der Waals surface area contributed by atoms with Gasteiger partial charge in [-0.2, -0.15) is 0 Å². The predicted octanol–water partition coefficient (Wildman–Crippen LogP) is 3.02. The van der Waals surface area contributed by atoms with Crippen molar-refractivity contribution in [3.05, 3.63) is 59.0 Å². The Morgan fingerprint density at radius 3 is 3.00 bits per heavy atom. The Bertz CT molecular complexity index is 666. The number of aryl methyl sites for hydroxylation is 2. The zero-order chi connectivity index (χ0) is 15.6. The van der Waals surface area contributed by atoms with Crippen LogP contribution in [0.1, 0.15) is 47.6 Å². The molecule has 1 aliphatic carbocycles. The lowest BCUT2D eigenvalue weighted by Crippen LogP contribution is -2.32. The molecule has 0 saturated carbocycles. The third-order valence-corrected chi connectivity index (χ3v) is 5.16. The quantitative estimate of drug-likeness (QED) is 0.812. The van der Waals surface area contributed by atoms with E-state index in [1.807, 2.05) is 13.0 Å². The lowest BCUT2D eigenvalue weighted by molar-refractivity contribution is 0.341. The molecule has 23 heavy (non-hydrogen) atoms. The van der Waals surface area contributed by atoms with E-state index in [1.54, 1.807) is 0 Å². The Kier molecular flexibility index (Phi) is 4.21. The molecule has 4 heteroatoms. The summed E-state index contributed by atoms with van der Waals surface area (Å²) in [7, 11) is 0. The summed E-state index contributed by atoms with van der Waals surface area (Å²) < 4.78 is 5.82. The van der Waals surface area contributed by atoms with Gasteiger partial charge in [-0.1, -0.05) is 24.3 Å². The second kappa shape index (κ2) is 6.48. The first-order valence-corrected chi connectivity index (χ1v) is 8.67. The van der Waals surface area contributed by atoms with Crippen LogP contribution < -0.4 is 16.2 Å². The monoisotopic (exact) mass is 311 g/mol. The number of rotatable bonds is 4. The Balaban J connectivity index is 1.43. The van der Waals surface area contributed by atoms with Crippen LogP contribution in [-0.4, -0.2) is 13.1 Å². The zero-order valence-electron chi connectivity index (χ0n) is 13.6. The van der Waals surface area contributed by atoms with Gasteiger partial charge in [-0.3, -0.25) is 5.43 Å². The van der Waals surface area contributed by atoms with Gasteiger partial charge >= 0.3 is 0 Å². The van der Waals surface area contributed by atoms with Crippen molar-refractivity contribution in [3.8, 4) is 0 Å². The van der Waals surface area contributed by atoms with Gasteiger partial charge in [-0.15, -0.1) is 0 Å². The van der Waals surface area contributed by atoms with Crippen LogP contribution in [0.15, 0.2) is 40.8 Å². The Morgan fingerprint density at radius 2 is 2.13 bits per heavy atom. The fraction of sp³-hybridized carbons (Fsp3) is 0.474. The minimum Gasteiger partial charge on any atom is -0.465 e. The number of nitrogens with one attached hydrogen (secondary N) is 3. The summed E-state index contributed by atoms with van der Waals surface area (Å²) in [6.45, 7) is 3.95. The molecule has 0 radical (unpaired) electrons. The van der Waals surface area contributed by atoms with Gasteiger partial charge in [0.15, 0.2) is 0 Å². The first kappa shape index (κ1) is 14.9. The second-order valence-corrected chi connectivity index (χ2v) is 6.76. The lowest BCUT2D eigenvalue weighted by atomic mass is 9.87. The Labute approximate surface area is 137 Å². The number of furan rings is 1. The van der Waals surface area contributed by atoms with Crippen molar-refractivity contribution < 1.29 is 4.42 Å². The highest BCUT2D eigenvalue weighted by Crippen LogP contribution is 2.31. The molecule has 1 fully saturated rings. The molecule has 2 aromatic rings. The van der Waals surface area contributed by atoms with E-state index in [4.69, 9.17) is 4.42 Å². The van der Waals surface area contributed by atoms with Crippen LogP contribution in [0.3, 0.4) is 0 Å². The van der Waals surface area contributed by atoms with Crippen LogP contribution in [0.4, 0.5) is 0 Å². The summed E-state index contributed by atoms with van der Waals surface area (Å²) >= 11 is 0. The SMILES string of the molecule is Cc1ccc(C2NNCC2CNC2CCCc3ccccc32)o1. The van der Waals surface area contributed by atoms with Crippen molar-refractivity contribution >= 4 is 0 Å². The molecule has 0 bridgehead atoms. The van der Waals surface area contributed by atoms with Gasteiger partial charge in [0.1, 0.15) is 11.5 Å². The van der Waals surface area contributed by atoms with Crippen LogP contribution in [0.2, 0.25) is 0 Å². The largest absolute Gasteiger partial charge is 0.465 e. The van der Waals surface area contributed by atoms with Gasteiger partial charge in [0.05, 0.1) is 6.04 Å². The summed E-state index contributed by atoms with van der Waals surface area (Å²) in [4.78, 5) is 0. The van der Waals surface area contributed by atoms with Crippen molar-refractivity contribution in [1.29, 1.82) is 0 Å². The maximum atomic E-state index is 5.82. The molecule has 3 N–H and O–H groups in total. The molecule has 1 aliphatic heterocycles. The predicted molar refractivity (Wildman–Crippen MR) is 90.9 cm³/mol. The van der Waals surface area contributed by atoms with Gasteiger partial charge in [-0.25, -0.2) is 5.43 Å². The van der Waals surface area contributed by atoms with Gasteiger partial charge in [0.2, 0.25) is 0 Å². The van der Waals surface area contributed by atoms with Crippen LogP contribution in [0, 0.1) is 12.8 Å². The van der Waals surface area contributed by atoms with E-state index >= 15 is 0 Å². The number of fused-ring (bicyclic) bond motifs is 1. The fourth-order valence-electron chi connectivity index (χ4n) is 3.91. The third-order valence-electron chi connectivity index (χ3n) is 5.16. The van der Waals surface area contributed by atoms with Crippen molar-refractivity contribution in [2.75, 3.05) is 13.1 Å². The van der Waals surface area contributed by atoms with Crippen LogP contribution >= 0.6 is 0 Å². The second-order valence-electron chi connectivity index (χ2n) is 6.76. The van der Waals surface area contributed by atoms with Crippen molar-refractivity contribution in [2.24, 2.45) is 5.92 Å². The molecule has 1 aromatic heterocycles. The molecule has 3 unspecified atom stereocenters. The molecule has 0 amide bonds. The molecule has 1 aromatic carbocycles. The summed E-state index contributed by atoms with van der Waals surface area (Å²) in [5.41, 5.74) is 9.65. The van der Waals surface area contributed by atoms with Crippen molar-refractivity contribution in [3.63, 3.8) is 0 Å². The summed E-state index contributed by atoms with van der Waals surface area (Å²) in [6.07, 6.45) is 3.72. The Morgan fingerprint density at radius 1 is 1.22 bits per heavy atom. The molecule has 3 atom stereocenters. The van der Waals surface area contributed by atoms with Gasteiger partial charge in [0, 0.05) is 25.0 Å². The standard InChI is InChI=1S/C19H25N3O/c1-13-9-10-18(23-13)19-15(12-21-22-19)11-20-17-8-4-6-14-5-2-3-7-16(14)17/h2-3,5,7,9-10,15,17,19-22H,4,6,8,11-12H2,1H3. The van der Waals surface area contributed by atoms with Crippen LogP contribution in [0.5, 0.6) is 0 Å². The van der Waals surface area contributed by atoms with E-state index < -0.39 is 0 Å². The van der Waals surface area contributed by atoms with Gasteiger partial charge in [0.25, 0.3) is 0 Å². The fourth-order valence-corrected chi connectivity index (χ4v) is 3.91. The number of hydrazine groups is 1. The molecule has 4 nitrogen and oxygen atoms in total. The van der Waals surface area contributed by atoms with E-state index in [0.717, 1.165) is 24.6 Å². The maximum absolute atomic E-state index is 5.82. The van der Waals surface area contributed by atoms with E-state index in [1.165, 1.54) is 30.4 Å². The molecular weight excluding hydrogens is 286 g/mol. The summed E-state index contributed by atoms with van der Waals surface area (Å²) in [5, 5.41) is 3.80. The highest BCUT2D eigenvalue weighted by Gasteiger charge is 2.31. The zero-order valence-corrected chi connectivity index (χ0v) is 13.6. The molecule has 2 aliphatic rings. The van der Waals surface area contributed by atoms with E-state index in [2.05, 4.69) is 46.5 Å². The average Bonchev–Trinajstić information content (AvgIpc) is 3.21. The molecule has 122 valence electrons. The van der Waals surface area contributed by atoms with Crippen molar-refractivity contribution in [1.82, 2.24) is 16.2 Å². The topological polar surface area (TPSA) is 49.2 Å². The normalized spacial score (nSPS) is 27.1. The van der Waals surface area contributed by atoms with Crippen LogP contribution in [-0.2, 0) is 6.42 Å². The van der Waals surface area contributed by atoms with Gasteiger partial charge < -0.3 is 9.73 Å². The number of hydrogen-bond donors (Lipinski definition) is 3. The molecule has 2 heterocycles. The summed E-state index contributed by atoms with van der Waals surface area (Å²) in [6, 6.07) is 13.7. The van der Waals surface area contributed by atoms with Gasteiger partial charge in [-0.05, 0) is 49.4 Å². The van der Waals surface area contributed by atoms with Crippen LogP contribution in [0.25, 0.3) is 0 Å². The highest BCUT2D eigenvalue weighted by molar-refractivity contribution is 5.32. The number of benzene rings is 1. The number of hydrogen-bond acceptors (Lipinski definition) is 4. The molecule has 4 rings (SSSR count). The van der Waals surface area contributed by atoms with E-state index in [0.29, 0.717) is 12.0 Å². The first-order valence-electron chi connectivity index (χ1n) is 8.67. The average molecular weight is 311 g/mol. The minimum absolute atomic E-state index is 0.245. The lowest BCUT2D eigenvalue weighted by Gasteiger charge is -2.28. The molecule has 0 spiro atoms. The minimum atomic E-state index is 0.245. The van der Waals surface area contributed by atoms with Crippen molar-refractivity contribution in [2.45, 2.75) is 38.3 Å². The smallest absolute Gasteiger partial charge is 0.122 e. The maximum Gasteiger partial charge on any atom is 0.122 e. The van der Waals surface area contributed by atoms with E-state index in [-0.39, 0.29) is 6.04 Å². The molecular formula is C19H25N3O.